The summed E-state index contributed by atoms with van der Waals surface area (Å²) >= 11 is 0. The highest BCUT2D eigenvalue weighted by Crippen LogP contribution is 2.24. The summed E-state index contributed by atoms with van der Waals surface area (Å²) in [7, 11) is 0. The molecular formula is C20H30N2O2. The fourth-order valence-corrected chi connectivity index (χ4v) is 3.67. The van der Waals surface area contributed by atoms with Gasteiger partial charge in [-0.1, -0.05) is 25.7 Å². The molecule has 4 nitrogen and oxygen atoms in total. The number of hydrogen-bond acceptors (Lipinski definition) is 3. The van der Waals surface area contributed by atoms with E-state index in [4.69, 9.17) is 4.74 Å². The number of ether oxygens (including phenoxy) is 1. The molecule has 1 saturated carbocycles. The van der Waals surface area contributed by atoms with Crippen molar-refractivity contribution in [3.8, 4) is 5.75 Å². The first kappa shape index (κ1) is 17.3. The quantitative estimate of drug-likeness (QED) is 0.860. The molecule has 2 fully saturated rings. The van der Waals surface area contributed by atoms with Crippen molar-refractivity contribution in [1.29, 1.82) is 0 Å². The minimum absolute atomic E-state index is 0.133. The van der Waals surface area contributed by atoms with E-state index in [2.05, 4.69) is 5.32 Å². The van der Waals surface area contributed by atoms with Crippen molar-refractivity contribution in [1.82, 2.24) is 10.2 Å². The van der Waals surface area contributed by atoms with Crippen molar-refractivity contribution >= 4 is 5.91 Å². The monoisotopic (exact) mass is 330 g/mol. The number of nitrogens with one attached hydrogen (secondary N) is 1. The predicted molar refractivity (Wildman–Crippen MR) is 96.5 cm³/mol. The number of benzene rings is 1. The zero-order chi connectivity index (χ0) is 16.6. The van der Waals surface area contributed by atoms with E-state index in [-0.39, 0.29) is 5.91 Å². The Hall–Kier alpha value is -1.55. The lowest BCUT2D eigenvalue weighted by Crippen LogP contribution is -2.34. The number of amides is 1. The lowest BCUT2D eigenvalue weighted by molar-refractivity contribution is 0.0766. The standard InChI is InChI=1S/C20H30N2O2/c23-20(22-14-5-12-21-13-15-22)18-8-10-19(11-9-18)24-16-17-6-3-1-2-4-7-17/h8-11,17,21H,1-7,12-16H2. The van der Waals surface area contributed by atoms with Gasteiger partial charge >= 0.3 is 0 Å². The zero-order valence-corrected chi connectivity index (χ0v) is 14.6. The molecule has 1 N–H and O–H groups in total. The lowest BCUT2D eigenvalue weighted by atomic mass is 10.0. The summed E-state index contributed by atoms with van der Waals surface area (Å²) in [6.07, 6.45) is 9.03. The van der Waals surface area contributed by atoms with Crippen LogP contribution < -0.4 is 10.1 Å². The van der Waals surface area contributed by atoms with Crippen molar-refractivity contribution in [2.45, 2.75) is 44.9 Å². The minimum Gasteiger partial charge on any atom is -0.493 e. The van der Waals surface area contributed by atoms with Crippen LogP contribution in [0.25, 0.3) is 0 Å². The predicted octanol–water partition coefficient (Wildman–Crippen LogP) is 3.47. The molecule has 0 spiro atoms. The number of rotatable bonds is 4. The molecule has 0 unspecified atom stereocenters. The average Bonchev–Trinajstić information content (AvgIpc) is 3.05. The Balaban J connectivity index is 1.51. The Morgan fingerprint density at radius 1 is 1.00 bits per heavy atom. The van der Waals surface area contributed by atoms with Gasteiger partial charge in [-0.25, -0.2) is 0 Å². The van der Waals surface area contributed by atoms with Crippen molar-refractivity contribution in [2.24, 2.45) is 5.92 Å². The summed E-state index contributed by atoms with van der Waals surface area (Å²) in [6.45, 7) is 4.32. The van der Waals surface area contributed by atoms with Crippen LogP contribution in [0.2, 0.25) is 0 Å². The SMILES string of the molecule is O=C(c1ccc(OCC2CCCCCC2)cc1)N1CCCNCC1. The molecule has 1 saturated heterocycles. The van der Waals surface area contributed by atoms with Crippen LogP contribution in [0.4, 0.5) is 0 Å². The van der Waals surface area contributed by atoms with Crippen molar-refractivity contribution < 1.29 is 9.53 Å². The third-order valence-electron chi connectivity index (χ3n) is 5.19. The van der Waals surface area contributed by atoms with Gasteiger partial charge in [-0.3, -0.25) is 4.79 Å². The number of carbonyl (C=O) groups is 1. The van der Waals surface area contributed by atoms with Crippen LogP contribution in [0.3, 0.4) is 0 Å². The van der Waals surface area contributed by atoms with Crippen LogP contribution in [-0.4, -0.2) is 43.6 Å². The molecule has 2 aliphatic rings. The largest absolute Gasteiger partial charge is 0.493 e. The Kier molecular flexibility index (Phi) is 6.53. The van der Waals surface area contributed by atoms with Crippen LogP contribution in [0.1, 0.15) is 55.3 Å². The van der Waals surface area contributed by atoms with Crippen LogP contribution in [0.5, 0.6) is 5.75 Å². The zero-order valence-electron chi connectivity index (χ0n) is 14.6. The maximum atomic E-state index is 12.6. The van der Waals surface area contributed by atoms with E-state index in [0.29, 0.717) is 5.92 Å². The minimum atomic E-state index is 0.133. The highest BCUT2D eigenvalue weighted by molar-refractivity contribution is 5.94. The highest BCUT2D eigenvalue weighted by Gasteiger charge is 2.17. The first-order chi connectivity index (χ1) is 11.8. The number of nitrogens with zero attached hydrogens (tertiary/aromatic N) is 1. The van der Waals surface area contributed by atoms with Crippen molar-refractivity contribution in [3.63, 3.8) is 0 Å². The topological polar surface area (TPSA) is 41.6 Å². The van der Waals surface area contributed by atoms with Crippen molar-refractivity contribution in [2.75, 3.05) is 32.8 Å². The molecule has 0 aromatic heterocycles. The van der Waals surface area contributed by atoms with Crippen LogP contribution in [0.15, 0.2) is 24.3 Å². The fourth-order valence-electron chi connectivity index (χ4n) is 3.67. The molecule has 0 radical (unpaired) electrons. The molecule has 0 bridgehead atoms. The second kappa shape index (κ2) is 9.07. The molecule has 1 aromatic rings. The van der Waals surface area contributed by atoms with E-state index >= 15 is 0 Å². The summed E-state index contributed by atoms with van der Waals surface area (Å²) in [6, 6.07) is 7.70. The van der Waals surface area contributed by atoms with E-state index in [1.807, 2.05) is 29.2 Å². The molecular weight excluding hydrogens is 300 g/mol. The van der Waals surface area contributed by atoms with E-state index in [0.717, 1.165) is 50.5 Å². The number of hydrogen-bond donors (Lipinski definition) is 1. The second-order valence-electron chi connectivity index (χ2n) is 7.09. The average molecular weight is 330 g/mol. The normalized spacial score (nSPS) is 20.2. The summed E-state index contributed by atoms with van der Waals surface area (Å²) in [5, 5.41) is 3.33. The molecule has 4 heteroatoms. The summed E-state index contributed by atoms with van der Waals surface area (Å²) in [5.74, 6) is 1.71. The first-order valence-corrected chi connectivity index (χ1v) is 9.56. The van der Waals surface area contributed by atoms with Gasteiger partial charge in [0.05, 0.1) is 6.61 Å². The molecule has 1 aliphatic heterocycles. The second-order valence-corrected chi connectivity index (χ2v) is 7.09. The maximum Gasteiger partial charge on any atom is 0.253 e. The van der Waals surface area contributed by atoms with E-state index in [1.54, 1.807) is 0 Å². The molecule has 1 aromatic carbocycles. The van der Waals surface area contributed by atoms with Gasteiger partial charge in [-0.2, -0.15) is 0 Å². The number of carbonyl (C=O) groups excluding carboxylic acids is 1. The summed E-state index contributed by atoms with van der Waals surface area (Å²) < 4.78 is 5.97. The third kappa shape index (κ3) is 4.97. The van der Waals surface area contributed by atoms with E-state index in [9.17, 15) is 4.79 Å². The highest BCUT2D eigenvalue weighted by atomic mass is 16.5. The smallest absolute Gasteiger partial charge is 0.253 e. The van der Waals surface area contributed by atoms with Crippen LogP contribution in [-0.2, 0) is 0 Å². The van der Waals surface area contributed by atoms with Crippen LogP contribution in [0, 0.1) is 5.92 Å². The van der Waals surface area contributed by atoms with Gasteiger partial charge in [-0.15, -0.1) is 0 Å². The first-order valence-electron chi connectivity index (χ1n) is 9.56. The molecule has 24 heavy (non-hydrogen) atoms. The van der Waals surface area contributed by atoms with Gasteiger partial charge in [0.25, 0.3) is 5.91 Å². The third-order valence-corrected chi connectivity index (χ3v) is 5.19. The van der Waals surface area contributed by atoms with Gasteiger partial charge in [0.1, 0.15) is 5.75 Å². The van der Waals surface area contributed by atoms with Crippen molar-refractivity contribution in [3.05, 3.63) is 29.8 Å². The Morgan fingerprint density at radius 2 is 1.75 bits per heavy atom. The molecule has 0 atom stereocenters. The molecule has 1 aliphatic carbocycles. The fraction of sp³-hybridized carbons (Fsp3) is 0.650. The van der Waals surface area contributed by atoms with Gasteiger partial charge in [0, 0.05) is 25.2 Å². The van der Waals surface area contributed by atoms with Gasteiger partial charge in [0.2, 0.25) is 0 Å². The maximum absolute atomic E-state index is 12.6. The van der Waals surface area contributed by atoms with E-state index < -0.39 is 0 Å². The Labute approximate surface area is 145 Å². The molecule has 132 valence electrons. The lowest BCUT2D eigenvalue weighted by Gasteiger charge is -2.20. The summed E-state index contributed by atoms with van der Waals surface area (Å²) in [4.78, 5) is 14.5. The van der Waals surface area contributed by atoms with E-state index in [1.165, 1.54) is 38.5 Å². The molecule has 1 heterocycles. The molecule has 3 rings (SSSR count). The summed E-state index contributed by atoms with van der Waals surface area (Å²) in [5.41, 5.74) is 0.763. The Bertz CT molecular complexity index is 499. The van der Waals surface area contributed by atoms with Gasteiger partial charge in [-0.05, 0) is 56.0 Å². The van der Waals surface area contributed by atoms with Gasteiger partial charge in [0.15, 0.2) is 0 Å². The molecule has 1 amide bonds. The van der Waals surface area contributed by atoms with Gasteiger partial charge < -0.3 is 15.0 Å². The van der Waals surface area contributed by atoms with Crippen LogP contribution >= 0.6 is 0 Å². The Morgan fingerprint density at radius 3 is 2.50 bits per heavy atom.